The number of aliphatic hydroxyl groups is 1. The molecule has 3 atom stereocenters. The maximum absolute atomic E-state index is 12.9. The fourth-order valence-electron chi connectivity index (χ4n) is 4.54. The summed E-state index contributed by atoms with van der Waals surface area (Å²) in [4.78, 5) is 12.9. The zero-order valence-corrected chi connectivity index (χ0v) is 19.4. The quantitative estimate of drug-likeness (QED) is 0.643. The number of methoxy groups -OCH3 is 1. The zero-order chi connectivity index (χ0) is 23.1. The molecule has 0 saturated carbocycles. The first kappa shape index (κ1) is 22.3. The number of nitrogens with one attached hydrogen (secondary N) is 1. The molecule has 2 N–H and O–H groups in total. The van der Waals surface area contributed by atoms with Crippen LogP contribution in [0.3, 0.4) is 0 Å². The third-order valence-electron chi connectivity index (χ3n) is 6.32. The molecule has 0 saturated heterocycles. The molecule has 4 rings (SSSR count). The van der Waals surface area contributed by atoms with Gasteiger partial charge in [0.15, 0.2) is 11.7 Å². The van der Waals surface area contributed by atoms with Crippen LogP contribution in [-0.2, 0) is 15.1 Å². The molecule has 32 heavy (non-hydrogen) atoms. The maximum Gasteiger partial charge on any atom is 0.257 e. The standard InChI is InChI=1S/C27H31NO4/c1-17(2)7-6-15-26(4)16-14-19-10-13-21-22(23(19)32-26)27(30,24(31-5)25(29)28-21)20-11-8-18(3)9-12-20/h7-14,16,24,30H,6,15H2,1-5H3,(H,28,29)/t24-,26-,27+/m1/s1. The monoisotopic (exact) mass is 433 g/mol. The van der Waals surface area contributed by atoms with Crippen molar-refractivity contribution in [3.63, 3.8) is 0 Å². The molecule has 5 nitrogen and oxygen atoms in total. The fraction of sp³-hybridized carbons (Fsp3) is 0.370. The van der Waals surface area contributed by atoms with E-state index in [-0.39, 0.29) is 5.91 Å². The van der Waals surface area contributed by atoms with E-state index >= 15 is 0 Å². The van der Waals surface area contributed by atoms with Gasteiger partial charge in [0, 0.05) is 12.7 Å². The van der Waals surface area contributed by atoms with E-state index in [1.807, 2.05) is 56.3 Å². The number of hydrogen-bond donors (Lipinski definition) is 2. The Morgan fingerprint density at radius 1 is 1.22 bits per heavy atom. The number of aryl methyl sites for hydroxylation is 1. The smallest absolute Gasteiger partial charge is 0.257 e. The second kappa shape index (κ2) is 8.23. The van der Waals surface area contributed by atoms with Gasteiger partial charge in [-0.25, -0.2) is 0 Å². The summed E-state index contributed by atoms with van der Waals surface area (Å²) in [6.45, 7) is 8.20. The number of fused-ring (bicyclic) bond motifs is 3. The summed E-state index contributed by atoms with van der Waals surface area (Å²) in [7, 11) is 1.44. The van der Waals surface area contributed by atoms with E-state index in [0.717, 1.165) is 24.0 Å². The summed E-state index contributed by atoms with van der Waals surface area (Å²) in [6.07, 6.45) is 6.86. The molecule has 0 radical (unpaired) electrons. The molecule has 0 bridgehead atoms. The van der Waals surface area contributed by atoms with Gasteiger partial charge in [0.05, 0.1) is 11.3 Å². The normalized spacial score (nSPS) is 25.9. The lowest BCUT2D eigenvalue weighted by Gasteiger charge is -2.43. The molecule has 0 aromatic heterocycles. The van der Waals surface area contributed by atoms with Crippen molar-refractivity contribution < 1.29 is 19.4 Å². The molecule has 2 heterocycles. The second-order valence-electron chi connectivity index (χ2n) is 9.21. The topological polar surface area (TPSA) is 67.8 Å². The Bertz CT molecular complexity index is 1100. The first-order valence-electron chi connectivity index (χ1n) is 11.0. The van der Waals surface area contributed by atoms with Gasteiger partial charge in [0.25, 0.3) is 5.91 Å². The molecule has 2 aliphatic heterocycles. The number of carbonyl (C=O) groups excluding carboxylic acids is 1. The van der Waals surface area contributed by atoms with E-state index in [4.69, 9.17) is 9.47 Å². The molecule has 5 heteroatoms. The lowest BCUT2D eigenvalue weighted by Crippen LogP contribution is -2.53. The van der Waals surface area contributed by atoms with Crippen LogP contribution in [0.5, 0.6) is 5.75 Å². The number of rotatable bonds is 5. The van der Waals surface area contributed by atoms with Gasteiger partial charge in [-0.2, -0.15) is 0 Å². The van der Waals surface area contributed by atoms with E-state index in [9.17, 15) is 9.90 Å². The van der Waals surface area contributed by atoms with Crippen LogP contribution in [0.2, 0.25) is 0 Å². The number of benzene rings is 2. The Kier molecular flexibility index (Phi) is 5.74. The molecular formula is C27H31NO4. The third-order valence-corrected chi connectivity index (χ3v) is 6.32. The van der Waals surface area contributed by atoms with Gasteiger partial charge < -0.3 is 19.9 Å². The van der Waals surface area contributed by atoms with Crippen molar-refractivity contribution in [3.8, 4) is 5.75 Å². The van der Waals surface area contributed by atoms with Gasteiger partial charge in [-0.15, -0.1) is 0 Å². The Balaban J connectivity index is 1.87. The van der Waals surface area contributed by atoms with Crippen molar-refractivity contribution in [1.82, 2.24) is 0 Å². The average molecular weight is 434 g/mol. The summed E-state index contributed by atoms with van der Waals surface area (Å²) < 4.78 is 12.1. The van der Waals surface area contributed by atoms with Crippen LogP contribution in [0.15, 0.2) is 54.1 Å². The lowest BCUT2D eigenvalue weighted by molar-refractivity contribution is -0.142. The van der Waals surface area contributed by atoms with Crippen molar-refractivity contribution in [3.05, 3.63) is 76.4 Å². The van der Waals surface area contributed by atoms with Crippen molar-refractivity contribution >= 4 is 17.7 Å². The predicted octanol–water partition coefficient (Wildman–Crippen LogP) is 5.11. The van der Waals surface area contributed by atoms with Crippen molar-refractivity contribution in [1.29, 1.82) is 0 Å². The number of amides is 1. The van der Waals surface area contributed by atoms with Crippen LogP contribution < -0.4 is 10.1 Å². The van der Waals surface area contributed by atoms with Crippen molar-refractivity contribution in [2.75, 3.05) is 12.4 Å². The molecule has 168 valence electrons. The third kappa shape index (κ3) is 3.76. The minimum absolute atomic E-state index is 0.388. The van der Waals surface area contributed by atoms with Crippen LogP contribution in [-0.4, -0.2) is 29.8 Å². The summed E-state index contributed by atoms with van der Waals surface area (Å²) >= 11 is 0. The minimum Gasteiger partial charge on any atom is -0.482 e. The highest BCUT2D eigenvalue weighted by Crippen LogP contribution is 2.50. The first-order valence-corrected chi connectivity index (χ1v) is 11.0. The number of allylic oxidation sites excluding steroid dienone is 2. The van der Waals surface area contributed by atoms with E-state index in [0.29, 0.717) is 22.6 Å². The summed E-state index contributed by atoms with van der Waals surface area (Å²) in [6, 6.07) is 11.3. The highest BCUT2D eigenvalue weighted by molar-refractivity contribution is 6.00. The fourth-order valence-corrected chi connectivity index (χ4v) is 4.54. The van der Waals surface area contributed by atoms with Crippen molar-refractivity contribution in [2.45, 2.75) is 57.8 Å². The van der Waals surface area contributed by atoms with Gasteiger partial charge in [-0.1, -0.05) is 47.6 Å². The second-order valence-corrected chi connectivity index (χ2v) is 9.21. The predicted molar refractivity (Wildman–Crippen MR) is 127 cm³/mol. The van der Waals surface area contributed by atoms with Crippen LogP contribution in [0.4, 0.5) is 5.69 Å². The van der Waals surface area contributed by atoms with E-state index in [1.54, 1.807) is 0 Å². The Hall–Kier alpha value is -2.89. The molecular weight excluding hydrogens is 402 g/mol. The molecule has 0 spiro atoms. The number of carbonyl (C=O) groups is 1. The van der Waals surface area contributed by atoms with E-state index in [1.165, 1.54) is 12.7 Å². The zero-order valence-electron chi connectivity index (χ0n) is 19.4. The summed E-state index contributed by atoms with van der Waals surface area (Å²) in [5.74, 6) is 0.190. The molecule has 1 amide bonds. The Labute approximate surface area is 189 Å². The Morgan fingerprint density at radius 2 is 1.94 bits per heavy atom. The molecule has 2 aliphatic rings. The highest BCUT2D eigenvalue weighted by atomic mass is 16.5. The van der Waals surface area contributed by atoms with Crippen LogP contribution >= 0.6 is 0 Å². The first-order chi connectivity index (χ1) is 15.2. The summed E-state index contributed by atoms with van der Waals surface area (Å²) in [5.41, 5.74) is 2.61. The lowest BCUT2D eigenvalue weighted by atomic mass is 9.76. The van der Waals surface area contributed by atoms with Gasteiger partial charge >= 0.3 is 0 Å². The summed E-state index contributed by atoms with van der Waals surface area (Å²) in [5, 5.41) is 15.1. The largest absolute Gasteiger partial charge is 0.482 e. The van der Waals surface area contributed by atoms with Crippen LogP contribution in [0, 0.1) is 6.92 Å². The van der Waals surface area contributed by atoms with E-state index in [2.05, 4.69) is 31.3 Å². The minimum atomic E-state index is -1.70. The maximum atomic E-state index is 12.9. The number of ether oxygens (including phenoxy) is 2. The molecule has 0 fully saturated rings. The Morgan fingerprint density at radius 3 is 2.59 bits per heavy atom. The average Bonchev–Trinajstić information content (AvgIpc) is 2.73. The molecule has 2 aromatic carbocycles. The van der Waals surface area contributed by atoms with E-state index < -0.39 is 17.3 Å². The SMILES string of the molecule is CO[C@@H]1C(=O)Nc2ccc3c(c2[C@@]1(O)c1ccc(C)cc1)O[C@](C)(CCC=C(C)C)C=C3. The molecule has 2 aromatic rings. The van der Waals surface area contributed by atoms with Crippen molar-refractivity contribution in [2.24, 2.45) is 0 Å². The van der Waals surface area contributed by atoms with Gasteiger partial charge in [0.1, 0.15) is 11.4 Å². The van der Waals surface area contributed by atoms with Crippen LogP contribution in [0.25, 0.3) is 6.08 Å². The van der Waals surface area contributed by atoms with Crippen LogP contribution in [0.1, 0.15) is 55.9 Å². The molecule has 0 unspecified atom stereocenters. The molecule has 0 aliphatic carbocycles. The highest BCUT2D eigenvalue weighted by Gasteiger charge is 2.52. The number of hydrogen-bond acceptors (Lipinski definition) is 4. The number of anilines is 1. The van der Waals surface area contributed by atoms with Gasteiger partial charge in [-0.05, 0) is 64.3 Å². The van der Waals surface area contributed by atoms with Gasteiger partial charge in [0.2, 0.25) is 0 Å². The van der Waals surface area contributed by atoms with Gasteiger partial charge in [-0.3, -0.25) is 4.79 Å².